The Hall–Kier alpha value is -3.13. The van der Waals surface area contributed by atoms with E-state index in [1.165, 1.54) is 17.1 Å². The molecule has 2 aromatic rings. The number of carbonyl (C=O) groups excluding carboxylic acids is 3. The maximum absolute atomic E-state index is 12.5. The lowest BCUT2D eigenvalue weighted by atomic mass is 9.99. The van der Waals surface area contributed by atoms with E-state index in [9.17, 15) is 14.4 Å². The van der Waals surface area contributed by atoms with Crippen LogP contribution < -0.4 is 11.2 Å². The van der Waals surface area contributed by atoms with Gasteiger partial charge >= 0.3 is 5.91 Å². The Labute approximate surface area is 149 Å². The highest BCUT2D eigenvalue weighted by Gasteiger charge is 2.23. The number of hydroxylamine groups is 1. The number of hydrogen-bond acceptors (Lipinski definition) is 5. The Morgan fingerprint density at radius 3 is 2.65 bits per heavy atom. The van der Waals surface area contributed by atoms with Gasteiger partial charge in [0.25, 0.3) is 5.91 Å². The number of furan rings is 1. The number of rotatable bonds is 5. The third-order valence-corrected chi connectivity index (χ3v) is 4.45. The number of fused-ring (bicyclic) bond motifs is 1. The first-order valence-electron chi connectivity index (χ1n) is 8.21. The van der Waals surface area contributed by atoms with Crippen molar-refractivity contribution in [2.45, 2.75) is 25.8 Å². The summed E-state index contributed by atoms with van der Waals surface area (Å²) in [4.78, 5) is 37.2. The Balaban J connectivity index is 1.67. The van der Waals surface area contributed by atoms with Crippen molar-refractivity contribution in [3.8, 4) is 0 Å². The molecule has 26 heavy (non-hydrogen) atoms. The van der Waals surface area contributed by atoms with Crippen molar-refractivity contribution in [3.63, 3.8) is 0 Å². The highest BCUT2D eigenvalue weighted by atomic mass is 16.5. The van der Waals surface area contributed by atoms with E-state index < -0.39 is 11.8 Å². The Morgan fingerprint density at radius 1 is 1.23 bits per heavy atom. The summed E-state index contributed by atoms with van der Waals surface area (Å²) in [6.45, 7) is 1.20. The molecule has 0 spiro atoms. The molecule has 0 unspecified atom stereocenters. The Bertz CT molecular complexity index is 858. The lowest BCUT2D eigenvalue weighted by Gasteiger charge is -2.29. The van der Waals surface area contributed by atoms with Gasteiger partial charge in [-0.05, 0) is 30.0 Å². The summed E-state index contributed by atoms with van der Waals surface area (Å²) < 4.78 is 5.08. The van der Waals surface area contributed by atoms with E-state index in [1.807, 2.05) is 18.2 Å². The van der Waals surface area contributed by atoms with Gasteiger partial charge in [0, 0.05) is 25.1 Å². The minimum Gasteiger partial charge on any atom is -0.445 e. The number of primary amides is 1. The fourth-order valence-electron chi connectivity index (χ4n) is 3.10. The lowest BCUT2D eigenvalue weighted by molar-refractivity contribution is -0.132. The molecule has 1 aromatic carbocycles. The highest BCUT2D eigenvalue weighted by molar-refractivity contribution is 5.96. The summed E-state index contributed by atoms with van der Waals surface area (Å²) in [5, 5.41) is 8.66. The van der Waals surface area contributed by atoms with Crippen LogP contribution in [-0.4, -0.2) is 34.4 Å². The zero-order chi connectivity index (χ0) is 18.7. The van der Waals surface area contributed by atoms with Crippen molar-refractivity contribution in [3.05, 3.63) is 58.5 Å². The van der Waals surface area contributed by atoms with E-state index in [0.717, 1.165) is 12.0 Å². The van der Waals surface area contributed by atoms with Gasteiger partial charge in [0.15, 0.2) is 11.5 Å². The number of carbonyl (C=O) groups is 3. The number of amides is 3. The Kier molecular flexibility index (Phi) is 5.04. The average Bonchev–Trinajstić information content (AvgIpc) is 3.09. The standard InChI is InChI=1S/C18H19N3O5/c19-17(23)16-12(9-14(26-16)18(24)20-25)5-6-15(22)21-8-7-11-3-1-2-4-13(11)10-21/h1-4,9,25H,5-8,10H2,(H2,19,23)(H,20,24). The molecule has 0 atom stereocenters. The van der Waals surface area contributed by atoms with Crippen LogP contribution >= 0.6 is 0 Å². The molecule has 0 fully saturated rings. The third-order valence-electron chi connectivity index (χ3n) is 4.45. The smallest absolute Gasteiger partial charge is 0.310 e. The SMILES string of the molecule is NC(=O)c1oc(C(=O)NO)cc1CCC(=O)N1CCc2ccccc2C1. The molecule has 8 heteroatoms. The van der Waals surface area contributed by atoms with Crippen molar-refractivity contribution in [1.82, 2.24) is 10.4 Å². The van der Waals surface area contributed by atoms with E-state index in [0.29, 0.717) is 18.7 Å². The molecule has 1 aromatic heterocycles. The fourth-order valence-corrected chi connectivity index (χ4v) is 3.10. The van der Waals surface area contributed by atoms with Crippen molar-refractivity contribution in [1.29, 1.82) is 0 Å². The van der Waals surface area contributed by atoms with Gasteiger partial charge in [0.1, 0.15) is 0 Å². The summed E-state index contributed by atoms with van der Waals surface area (Å²) in [7, 11) is 0. The molecular formula is C18H19N3O5. The van der Waals surface area contributed by atoms with Gasteiger partial charge in [-0.15, -0.1) is 0 Å². The van der Waals surface area contributed by atoms with Crippen LogP contribution in [0.2, 0.25) is 0 Å². The summed E-state index contributed by atoms with van der Waals surface area (Å²) >= 11 is 0. The zero-order valence-electron chi connectivity index (χ0n) is 14.0. The first-order chi connectivity index (χ1) is 12.5. The van der Waals surface area contributed by atoms with Crippen LogP contribution in [-0.2, 0) is 24.2 Å². The van der Waals surface area contributed by atoms with Crippen LogP contribution in [0.1, 0.15) is 44.2 Å². The predicted molar refractivity (Wildman–Crippen MR) is 90.4 cm³/mol. The van der Waals surface area contributed by atoms with Crippen LogP contribution in [0.4, 0.5) is 0 Å². The van der Waals surface area contributed by atoms with Crippen molar-refractivity contribution in [2.24, 2.45) is 5.73 Å². The van der Waals surface area contributed by atoms with Crippen LogP contribution in [0.3, 0.4) is 0 Å². The fraction of sp³-hybridized carbons (Fsp3) is 0.278. The molecule has 1 aliphatic heterocycles. The van der Waals surface area contributed by atoms with E-state index >= 15 is 0 Å². The average molecular weight is 357 g/mol. The van der Waals surface area contributed by atoms with Gasteiger partial charge in [-0.3, -0.25) is 19.6 Å². The number of benzene rings is 1. The summed E-state index contributed by atoms with van der Waals surface area (Å²) in [6.07, 6.45) is 1.17. The predicted octanol–water partition coefficient (Wildman–Crippen LogP) is 1.01. The number of nitrogens with zero attached hydrogens (tertiary/aromatic N) is 1. The van der Waals surface area contributed by atoms with Crippen LogP contribution in [0.5, 0.6) is 0 Å². The first kappa shape index (κ1) is 17.7. The molecular weight excluding hydrogens is 338 g/mol. The highest BCUT2D eigenvalue weighted by Crippen LogP contribution is 2.21. The quantitative estimate of drug-likeness (QED) is 0.544. The minimum absolute atomic E-state index is 0.0516. The maximum atomic E-state index is 12.5. The second-order valence-corrected chi connectivity index (χ2v) is 6.10. The summed E-state index contributed by atoms with van der Waals surface area (Å²) in [6, 6.07) is 9.32. The largest absolute Gasteiger partial charge is 0.445 e. The Morgan fingerprint density at radius 2 is 1.96 bits per heavy atom. The second kappa shape index (κ2) is 7.40. The molecule has 0 saturated heterocycles. The van der Waals surface area contributed by atoms with Gasteiger partial charge in [-0.2, -0.15) is 0 Å². The molecule has 0 radical (unpaired) electrons. The number of aryl methyl sites for hydroxylation is 1. The maximum Gasteiger partial charge on any atom is 0.310 e. The molecule has 4 N–H and O–H groups in total. The zero-order valence-corrected chi connectivity index (χ0v) is 14.0. The molecule has 2 heterocycles. The van der Waals surface area contributed by atoms with Gasteiger partial charge in [-0.1, -0.05) is 24.3 Å². The molecule has 3 amide bonds. The molecule has 8 nitrogen and oxygen atoms in total. The number of hydrogen-bond donors (Lipinski definition) is 3. The second-order valence-electron chi connectivity index (χ2n) is 6.10. The van der Waals surface area contributed by atoms with Gasteiger partial charge in [0.05, 0.1) is 0 Å². The molecule has 136 valence electrons. The van der Waals surface area contributed by atoms with E-state index in [-0.39, 0.29) is 30.3 Å². The number of nitrogens with one attached hydrogen (secondary N) is 1. The molecule has 0 bridgehead atoms. The summed E-state index contributed by atoms with van der Waals surface area (Å²) in [5.41, 5.74) is 9.43. The molecule has 3 rings (SSSR count). The van der Waals surface area contributed by atoms with Crippen molar-refractivity contribution < 1.29 is 24.0 Å². The van der Waals surface area contributed by atoms with Crippen LogP contribution in [0.15, 0.2) is 34.7 Å². The first-order valence-corrected chi connectivity index (χ1v) is 8.21. The molecule has 0 aliphatic carbocycles. The van der Waals surface area contributed by atoms with Crippen molar-refractivity contribution in [2.75, 3.05) is 6.54 Å². The van der Waals surface area contributed by atoms with Gasteiger partial charge < -0.3 is 15.1 Å². The normalized spacial score (nSPS) is 13.2. The van der Waals surface area contributed by atoms with Gasteiger partial charge in [-0.25, -0.2) is 5.48 Å². The summed E-state index contributed by atoms with van der Waals surface area (Å²) in [5.74, 6) is -2.20. The van der Waals surface area contributed by atoms with E-state index in [1.54, 1.807) is 4.90 Å². The molecule has 1 aliphatic rings. The van der Waals surface area contributed by atoms with Crippen molar-refractivity contribution >= 4 is 17.7 Å². The van der Waals surface area contributed by atoms with Crippen LogP contribution in [0.25, 0.3) is 0 Å². The molecule has 0 saturated carbocycles. The number of nitrogens with two attached hydrogens (primary N) is 1. The minimum atomic E-state index is -0.891. The van der Waals surface area contributed by atoms with Crippen LogP contribution in [0, 0.1) is 0 Å². The van der Waals surface area contributed by atoms with Gasteiger partial charge in [0.2, 0.25) is 5.91 Å². The lowest BCUT2D eigenvalue weighted by Crippen LogP contribution is -2.36. The topological polar surface area (TPSA) is 126 Å². The third kappa shape index (κ3) is 3.60. The van der Waals surface area contributed by atoms with E-state index in [2.05, 4.69) is 6.07 Å². The van der Waals surface area contributed by atoms with E-state index in [4.69, 9.17) is 15.4 Å². The monoisotopic (exact) mass is 357 g/mol.